The van der Waals surface area contributed by atoms with Gasteiger partial charge in [-0.1, -0.05) is 48.0 Å². The fourth-order valence-electron chi connectivity index (χ4n) is 2.36. The number of alkyl halides is 3. The molecule has 0 amide bonds. The summed E-state index contributed by atoms with van der Waals surface area (Å²) in [7, 11) is 0. The third-order valence-electron chi connectivity index (χ3n) is 3.57. The monoisotopic (exact) mass is 363 g/mol. The Kier molecular flexibility index (Phi) is 4.90. The third-order valence-corrected chi connectivity index (χ3v) is 3.85. The summed E-state index contributed by atoms with van der Waals surface area (Å²) in [5, 5.41) is 2.98. The first kappa shape index (κ1) is 17.2. The summed E-state index contributed by atoms with van der Waals surface area (Å²) in [5.74, 6) is 0.161. The van der Waals surface area contributed by atoms with Crippen molar-refractivity contribution in [1.29, 1.82) is 0 Å². The van der Waals surface area contributed by atoms with E-state index in [2.05, 4.69) is 15.3 Å². The predicted octanol–water partition coefficient (Wildman–Crippen LogP) is 5.35. The zero-order chi connectivity index (χ0) is 17.9. The van der Waals surface area contributed by atoms with Crippen molar-refractivity contribution in [2.24, 2.45) is 0 Å². The number of benzene rings is 1. The van der Waals surface area contributed by atoms with Gasteiger partial charge in [-0.3, -0.25) is 4.98 Å². The molecule has 3 aromatic rings. The van der Waals surface area contributed by atoms with Crippen LogP contribution in [0.25, 0.3) is 0 Å². The van der Waals surface area contributed by atoms with Crippen molar-refractivity contribution < 1.29 is 13.2 Å². The van der Waals surface area contributed by atoms with E-state index in [0.717, 1.165) is 17.8 Å². The van der Waals surface area contributed by atoms with Gasteiger partial charge in [0, 0.05) is 12.4 Å². The normalized spacial score (nSPS) is 12.6. The summed E-state index contributed by atoms with van der Waals surface area (Å²) in [6, 6.07) is 15.3. The van der Waals surface area contributed by atoms with Gasteiger partial charge in [0.25, 0.3) is 0 Å². The Bertz CT molecular complexity index is 800. The number of pyridine rings is 2. The second-order valence-electron chi connectivity index (χ2n) is 5.29. The summed E-state index contributed by atoms with van der Waals surface area (Å²) in [4.78, 5) is 8.17. The molecule has 1 aromatic carbocycles. The Balaban J connectivity index is 1.97. The van der Waals surface area contributed by atoms with E-state index in [4.69, 9.17) is 11.6 Å². The van der Waals surface area contributed by atoms with Gasteiger partial charge in [0.1, 0.15) is 5.82 Å². The Morgan fingerprint density at radius 1 is 0.960 bits per heavy atom. The number of hydrogen-bond donors (Lipinski definition) is 1. The van der Waals surface area contributed by atoms with Crippen LogP contribution in [0, 0.1) is 0 Å². The van der Waals surface area contributed by atoms with Crippen molar-refractivity contribution in [2.75, 3.05) is 5.32 Å². The van der Waals surface area contributed by atoms with Crippen LogP contribution in [0.5, 0.6) is 0 Å². The molecule has 0 saturated carbocycles. The van der Waals surface area contributed by atoms with Gasteiger partial charge in [0.2, 0.25) is 0 Å². The number of rotatable bonds is 4. The van der Waals surface area contributed by atoms with E-state index in [-0.39, 0.29) is 10.8 Å². The molecule has 0 saturated heterocycles. The lowest BCUT2D eigenvalue weighted by molar-refractivity contribution is -0.137. The molecule has 128 valence electrons. The largest absolute Gasteiger partial charge is 0.417 e. The van der Waals surface area contributed by atoms with Crippen LogP contribution in [0.3, 0.4) is 0 Å². The highest BCUT2D eigenvalue weighted by molar-refractivity contribution is 6.33. The van der Waals surface area contributed by atoms with E-state index in [1.807, 2.05) is 42.5 Å². The fourth-order valence-corrected chi connectivity index (χ4v) is 2.58. The molecule has 0 aliphatic rings. The van der Waals surface area contributed by atoms with Crippen molar-refractivity contribution in [3.8, 4) is 0 Å². The van der Waals surface area contributed by atoms with Gasteiger partial charge >= 0.3 is 6.18 Å². The zero-order valence-electron chi connectivity index (χ0n) is 12.8. The number of nitrogens with one attached hydrogen (secondary N) is 1. The van der Waals surface area contributed by atoms with Gasteiger partial charge in [0.05, 0.1) is 22.3 Å². The van der Waals surface area contributed by atoms with Crippen molar-refractivity contribution >= 4 is 17.4 Å². The maximum atomic E-state index is 12.8. The molecule has 0 radical (unpaired) electrons. The standard InChI is InChI=1S/C18H13ClF3N3/c19-14-10-13(18(20,21)22)11-24-17(14)25-16(12-6-2-1-3-7-12)15-8-4-5-9-23-15/h1-11,16H,(H,24,25). The lowest BCUT2D eigenvalue weighted by Gasteiger charge is -2.20. The maximum absolute atomic E-state index is 12.8. The van der Waals surface area contributed by atoms with Crippen LogP contribution in [0.2, 0.25) is 5.02 Å². The molecular weight excluding hydrogens is 351 g/mol. The third kappa shape index (κ3) is 4.09. The first-order valence-electron chi connectivity index (χ1n) is 7.40. The predicted molar refractivity (Wildman–Crippen MR) is 90.4 cm³/mol. The van der Waals surface area contributed by atoms with Crippen molar-refractivity contribution in [2.45, 2.75) is 12.2 Å². The molecule has 2 heterocycles. The number of hydrogen-bond acceptors (Lipinski definition) is 3. The smallest absolute Gasteiger partial charge is 0.356 e. The Morgan fingerprint density at radius 3 is 2.28 bits per heavy atom. The summed E-state index contributed by atoms with van der Waals surface area (Å²) < 4.78 is 38.3. The lowest BCUT2D eigenvalue weighted by Crippen LogP contribution is -2.15. The molecule has 3 nitrogen and oxygen atoms in total. The molecule has 1 atom stereocenters. The topological polar surface area (TPSA) is 37.8 Å². The molecule has 2 aromatic heterocycles. The minimum absolute atomic E-state index is 0.105. The first-order chi connectivity index (χ1) is 11.9. The Hall–Kier alpha value is -2.60. The minimum atomic E-state index is -4.49. The average Bonchev–Trinajstić information content (AvgIpc) is 2.61. The van der Waals surface area contributed by atoms with E-state index in [9.17, 15) is 13.2 Å². The molecule has 0 fully saturated rings. The summed E-state index contributed by atoms with van der Waals surface area (Å²) >= 11 is 6.01. The second-order valence-corrected chi connectivity index (χ2v) is 5.70. The highest BCUT2D eigenvalue weighted by Gasteiger charge is 2.31. The highest BCUT2D eigenvalue weighted by Crippen LogP contribution is 2.34. The molecule has 1 unspecified atom stereocenters. The van der Waals surface area contributed by atoms with Crippen LogP contribution in [0.1, 0.15) is 22.9 Å². The summed E-state index contributed by atoms with van der Waals surface area (Å²) in [6.45, 7) is 0. The van der Waals surface area contributed by atoms with Crippen LogP contribution in [0.15, 0.2) is 67.0 Å². The second kappa shape index (κ2) is 7.11. The molecule has 1 N–H and O–H groups in total. The minimum Gasteiger partial charge on any atom is -0.356 e. The lowest BCUT2D eigenvalue weighted by atomic mass is 10.0. The molecule has 7 heteroatoms. The van der Waals surface area contributed by atoms with Gasteiger partial charge < -0.3 is 5.32 Å². The fraction of sp³-hybridized carbons (Fsp3) is 0.111. The van der Waals surface area contributed by atoms with Crippen LogP contribution < -0.4 is 5.32 Å². The van der Waals surface area contributed by atoms with Gasteiger partial charge in [-0.2, -0.15) is 13.2 Å². The number of aromatic nitrogens is 2. The van der Waals surface area contributed by atoms with Crippen LogP contribution in [-0.2, 0) is 6.18 Å². The van der Waals surface area contributed by atoms with E-state index < -0.39 is 17.8 Å². The van der Waals surface area contributed by atoms with Crippen molar-refractivity contribution in [3.05, 3.63) is 88.8 Å². The van der Waals surface area contributed by atoms with Gasteiger partial charge in [-0.25, -0.2) is 4.98 Å². The van der Waals surface area contributed by atoms with Gasteiger partial charge in [0.15, 0.2) is 0 Å². The maximum Gasteiger partial charge on any atom is 0.417 e. The number of anilines is 1. The van der Waals surface area contributed by atoms with Gasteiger partial charge in [-0.15, -0.1) is 0 Å². The molecule has 0 bridgehead atoms. The number of halogens is 4. The molecule has 0 spiro atoms. The van der Waals surface area contributed by atoms with Gasteiger partial charge in [-0.05, 0) is 23.8 Å². The molecule has 3 rings (SSSR count). The quantitative estimate of drug-likeness (QED) is 0.679. The summed E-state index contributed by atoms with van der Waals surface area (Å²) in [6.07, 6.45) is -2.08. The Morgan fingerprint density at radius 2 is 1.68 bits per heavy atom. The van der Waals surface area contributed by atoms with Crippen LogP contribution in [-0.4, -0.2) is 9.97 Å². The van der Waals surface area contributed by atoms with E-state index in [1.165, 1.54) is 0 Å². The van der Waals surface area contributed by atoms with Crippen molar-refractivity contribution in [1.82, 2.24) is 9.97 Å². The summed E-state index contributed by atoms with van der Waals surface area (Å²) in [5.41, 5.74) is 0.697. The SMILES string of the molecule is FC(F)(F)c1cnc(NC(c2ccccc2)c2ccccn2)c(Cl)c1. The van der Waals surface area contributed by atoms with Crippen LogP contribution in [0.4, 0.5) is 19.0 Å². The van der Waals surface area contributed by atoms with Crippen molar-refractivity contribution in [3.63, 3.8) is 0 Å². The molecule has 0 aliphatic carbocycles. The zero-order valence-corrected chi connectivity index (χ0v) is 13.6. The molecule has 0 aliphatic heterocycles. The molecule has 25 heavy (non-hydrogen) atoms. The van der Waals surface area contributed by atoms with E-state index >= 15 is 0 Å². The number of nitrogens with zero attached hydrogens (tertiary/aromatic N) is 2. The molecular formula is C18H13ClF3N3. The highest BCUT2D eigenvalue weighted by atomic mass is 35.5. The van der Waals surface area contributed by atoms with E-state index in [0.29, 0.717) is 5.69 Å². The first-order valence-corrected chi connectivity index (χ1v) is 7.78. The van der Waals surface area contributed by atoms with E-state index in [1.54, 1.807) is 12.3 Å². The Labute approximate surface area is 147 Å². The van der Waals surface area contributed by atoms with Crippen LogP contribution >= 0.6 is 11.6 Å². The average molecular weight is 364 g/mol.